The number of aliphatic hydroxyl groups is 1. The molecule has 1 aliphatic rings. The summed E-state index contributed by atoms with van der Waals surface area (Å²) in [5.41, 5.74) is 5.06. The highest BCUT2D eigenvalue weighted by Crippen LogP contribution is 2.34. The molecule has 0 radical (unpaired) electrons. The van der Waals surface area contributed by atoms with Crippen molar-refractivity contribution in [3.8, 4) is 0 Å². The van der Waals surface area contributed by atoms with Crippen molar-refractivity contribution in [1.29, 1.82) is 0 Å². The van der Waals surface area contributed by atoms with E-state index in [1.54, 1.807) is 0 Å². The Labute approximate surface area is 130 Å². The first-order valence-electron chi connectivity index (χ1n) is 6.98. The van der Waals surface area contributed by atoms with Gasteiger partial charge in [-0.2, -0.15) is 0 Å². The number of nitrogen functional groups attached to an aromatic ring is 1. The number of sulfonamides is 1. The van der Waals surface area contributed by atoms with E-state index in [2.05, 4.69) is 11.6 Å². The zero-order chi connectivity index (χ0) is 15.7. The monoisotopic (exact) mass is 332 g/mol. The predicted molar refractivity (Wildman–Crippen MR) is 83.6 cm³/mol. The molecule has 0 heterocycles. The van der Waals surface area contributed by atoms with Gasteiger partial charge in [-0.05, 0) is 37.0 Å². The Morgan fingerprint density at radius 1 is 1.52 bits per heavy atom. The second-order valence-electron chi connectivity index (χ2n) is 5.93. The summed E-state index contributed by atoms with van der Waals surface area (Å²) >= 11 is 5.80. The third-order valence-electron chi connectivity index (χ3n) is 4.01. The maximum absolute atomic E-state index is 12.6. The maximum atomic E-state index is 12.6. The van der Waals surface area contributed by atoms with Gasteiger partial charge < -0.3 is 10.8 Å². The fraction of sp³-hybridized carbons (Fsp3) is 0.571. The molecule has 2 rings (SSSR count). The molecular formula is C14H21ClN2O3S. The number of rotatable bonds is 4. The van der Waals surface area contributed by atoms with Crippen molar-refractivity contribution in [2.24, 2.45) is 5.92 Å². The highest BCUT2D eigenvalue weighted by atomic mass is 35.5. The van der Waals surface area contributed by atoms with E-state index >= 15 is 0 Å². The molecule has 1 aliphatic carbocycles. The summed E-state index contributed by atoms with van der Waals surface area (Å²) in [5, 5.41) is 10.1. The standard InChI is InChI=1S/C14H21ClN2O3S/c1-10-3-2-6-14(8-10,9-18)17-21(19,20)13-5-4-11(15)7-12(13)16/h4-5,7,10,17-18H,2-3,6,8-9,16H2,1H3. The number of halogens is 1. The van der Waals surface area contributed by atoms with E-state index < -0.39 is 15.6 Å². The van der Waals surface area contributed by atoms with Gasteiger partial charge in [0.1, 0.15) is 4.90 Å². The van der Waals surface area contributed by atoms with Crippen molar-refractivity contribution >= 4 is 27.3 Å². The number of aliphatic hydroxyl groups excluding tert-OH is 1. The van der Waals surface area contributed by atoms with E-state index in [-0.39, 0.29) is 17.2 Å². The minimum Gasteiger partial charge on any atom is -0.398 e. The summed E-state index contributed by atoms with van der Waals surface area (Å²) in [7, 11) is -3.79. The zero-order valence-electron chi connectivity index (χ0n) is 12.0. The van der Waals surface area contributed by atoms with Crippen molar-refractivity contribution in [1.82, 2.24) is 4.72 Å². The summed E-state index contributed by atoms with van der Waals surface area (Å²) in [4.78, 5) is -0.00190. The predicted octanol–water partition coefficient (Wildman–Crippen LogP) is 2.14. The first kappa shape index (κ1) is 16.5. The normalized spacial score (nSPS) is 26.7. The molecule has 2 atom stereocenters. The summed E-state index contributed by atoms with van der Waals surface area (Å²) in [6.07, 6.45) is 3.18. The lowest BCUT2D eigenvalue weighted by Gasteiger charge is -2.39. The summed E-state index contributed by atoms with van der Waals surface area (Å²) in [6.45, 7) is 1.85. The van der Waals surface area contributed by atoms with E-state index in [4.69, 9.17) is 17.3 Å². The highest BCUT2D eigenvalue weighted by Gasteiger charge is 2.38. The molecule has 0 bridgehead atoms. The number of benzene rings is 1. The van der Waals surface area contributed by atoms with Crippen LogP contribution < -0.4 is 10.5 Å². The third-order valence-corrected chi connectivity index (χ3v) is 5.89. The van der Waals surface area contributed by atoms with Crippen LogP contribution in [0, 0.1) is 5.92 Å². The van der Waals surface area contributed by atoms with Crippen molar-refractivity contribution in [2.45, 2.75) is 43.0 Å². The zero-order valence-corrected chi connectivity index (χ0v) is 13.5. The lowest BCUT2D eigenvalue weighted by Crippen LogP contribution is -2.53. The van der Waals surface area contributed by atoms with Crippen LogP contribution in [0.3, 0.4) is 0 Å². The lowest BCUT2D eigenvalue weighted by atomic mass is 9.78. The van der Waals surface area contributed by atoms with Gasteiger partial charge in [0.2, 0.25) is 10.0 Å². The molecule has 1 aromatic carbocycles. The van der Waals surface area contributed by atoms with Crippen LogP contribution in [0.15, 0.2) is 23.1 Å². The first-order valence-corrected chi connectivity index (χ1v) is 8.84. The molecule has 0 aliphatic heterocycles. The molecule has 2 unspecified atom stereocenters. The fourth-order valence-corrected chi connectivity index (χ4v) is 4.76. The van der Waals surface area contributed by atoms with Crippen molar-refractivity contribution in [2.75, 3.05) is 12.3 Å². The van der Waals surface area contributed by atoms with Crippen LogP contribution in [0.5, 0.6) is 0 Å². The van der Waals surface area contributed by atoms with Crippen molar-refractivity contribution < 1.29 is 13.5 Å². The van der Waals surface area contributed by atoms with Gasteiger partial charge in [-0.3, -0.25) is 0 Å². The minimum absolute atomic E-state index is 0.00190. The van der Waals surface area contributed by atoms with Crippen molar-refractivity contribution in [3.63, 3.8) is 0 Å². The number of nitrogens with two attached hydrogens (primary N) is 1. The largest absolute Gasteiger partial charge is 0.398 e. The van der Waals surface area contributed by atoms with Gasteiger partial charge >= 0.3 is 0 Å². The average molecular weight is 333 g/mol. The SMILES string of the molecule is CC1CCCC(CO)(NS(=O)(=O)c2ccc(Cl)cc2N)C1. The molecule has 0 spiro atoms. The van der Waals surface area contributed by atoms with Crippen LogP contribution in [0.2, 0.25) is 5.02 Å². The van der Waals surface area contributed by atoms with E-state index in [9.17, 15) is 13.5 Å². The topological polar surface area (TPSA) is 92.4 Å². The Bertz CT molecular complexity index is 621. The lowest BCUT2D eigenvalue weighted by molar-refractivity contribution is 0.120. The molecule has 21 heavy (non-hydrogen) atoms. The second-order valence-corrected chi connectivity index (χ2v) is 8.01. The third kappa shape index (κ3) is 3.69. The summed E-state index contributed by atoms with van der Waals surface area (Å²) in [5.74, 6) is 0.371. The fourth-order valence-electron chi connectivity index (χ4n) is 3.03. The number of hydrogen-bond donors (Lipinski definition) is 3. The van der Waals surface area contributed by atoms with Crippen molar-refractivity contribution in [3.05, 3.63) is 23.2 Å². The van der Waals surface area contributed by atoms with Crippen LogP contribution in [0.4, 0.5) is 5.69 Å². The molecule has 118 valence electrons. The van der Waals surface area contributed by atoms with Gasteiger partial charge in [0.15, 0.2) is 0 Å². The van der Waals surface area contributed by atoms with Gasteiger partial charge in [-0.25, -0.2) is 13.1 Å². The number of nitrogens with one attached hydrogen (secondary N) is 1. The van der Waals surface area contributed by atoms with Gasteiger partial charge in [-0.1, -0.05) is 31.4 Å². The first-order chi connectivity index (χ1) is 9.78. The van der Waals surface area contributed by atoms with Crippen LogP contribution >= 0.6 is 11.6 Å². The smallest absolute Gasteiger partial charge is 0.243 e. The van der Waals surface area contributed by atoms with Crippen LogP contribution in [0.1, 0.15) is 32.6 Å². The second kappa shape index (κ2) is 6.12. The van der Waals surface area contributed by atoms with Gasteiger partial charge in [-0.15, -0.1) is 0 Å². The van der Waals surface area contributed by atoms with E-state index in [1.165, 1.54) is 18.2 Å². The molecule has 1 saturated carbocycles. The summed E-state index contributed by atoms with van der Waals surface area (Å²) in [6, 6.07) is 4.28. The molecule has 4 N–H and O–H groups in total. The van der Waals surface area contributed by atoms with Gasteiger partial charge in [0.25, 0.3) is 0 Å². The van der Waals surface area contributed by atoms with Gasteiger partial charge in [0, 0.05) is 5.02 Å². The van der Waals surface area contributed by atoms with E-state index in [0.29, 0.717) is 23.8 Å². The Kier molecular flexibility index (Phi) is 4.82. The highest BCUT2D eigenvalue weighted by molar-refractivity contribution is 7.89. The van der Waals surface area contributed by atoms with Crippen LogP contribution in [-0.4, -0.2) is 25.7 Å². The Balaban J connectivity index is 2.31. The summed E-state index contributed by atoms with van der Waals surface area (Å²) < 4.78 is 27.8. The minimum atomic E-state index is -3.79. The molecule has 0 saturated heterocycles. The van der Waals surface area contributed by atoms with Gasteiger partial charge in [0.05, 0.1) is 17.8 Å². The van der Waals surface area contributed by atoms with E-state index in [0.717, 1.165) is 12.8 Å². The molecular weight excluding hydrogens is 312 g/mol. The van der Waals surface area contributed by atoms with E-state index in [1.807, 2.05) is 0 Å². The van der Waals surface area contributed by atoms with Crippen LogP contribution in [0.25, 0.3) is 0 Å². The quantitative estimate of drug-likeness (QED) is 0.736. The number of hydrogen-bond acceptors (Lipinski definition) is 4. The Morgan fingerprint density at radius 3 is 2.81 bits per heavy atom. The number of anilines is 1. The Hall–Kier alpha value is -0.820. The molecule has 1 aromatic rings. The average Bonchev–Trinajstić information content (AvgIpc) is 2.37. The molecule has 1 fully saturated rings. The molecule has 5 nitrogen and oxygen atoms in total. The molecule has 0 amide bonds. The van der Waals surface area contributed by atoms with Crippen LogP contribution in [-0.2, 0) is 10.0 Å². The maximum Gasteiger partial charge on any atom is 0.243 e. The Morgan fingerprint density at radius 2 is 2.24 bits per heavy atom. The molecule has 0 aromatic heterocycles. The molecule has 7 heteroatoms.